The van der Waals surface area contributed by atoms with Crippen molar-refractivity contribution in [2.24, 2.45) is 0 Å². The van der Waals surface area contributed by atoms with Gasteiger partial charge in [-0.25, -0.2) is 0 Å². The van der Waals surface area contributed by atoms with Crippen LogP contribution in [0.3, 0.4) is 0 Å². The Bertz CT molecular complexity index is 1480. The van der Waals surface area contributed by atoms with E-state index in [-0.39, 0.29) is 12.6 Å². The summed E-state index contributed by atoms with van der Waals surface area (Å²) in [6.07, 6.45) is 6.52. The van der Waals surface area contributed by atoms with Gasteiger partial charge in [-0.05, 0) is 59.9 Å². The van der Waals surface area contributed by atoms with Gasteiger partial charge in [0.15, 0.2) is 0 Å². The second-order valence-corrected chi connectivity index (χ2v) is 11.4. The number of aliphatic hydroxyl groups excluding tert-OH is 1. The Morgan fingerprint density at radius 3 is 2.05 bits per heavy atom. The van der Waals surface area contributed by atoms with Crippen molar-refractivity contribution in [3.63, 3.8) is 0 Å². The van der Waals surface area contributed by atoms with Gasteiger partial charge in [-0.3, -0.25) is 14.9 Å². The maximum atomic E-state index is 10.1. The lowest BCUT2D eigenvalue weighted by Crippen LogP contribution is -2.36. The number of benzene rings is 2. The number of nitrogens with zero attached hydrogens (tertiary/aromatic N) is 3. The fourth-order valence-corrected chi connectivity index (χ4v) is 5.47. The van der Waals surface area contributed by atoms with Gasteiger partial charge in [-0.1, -0.05) is 54.6 Å². The summed E-state index contributed by atoms with van der Waals surface area (Å²) in [5.41, 5.74) is 8.26. The molecule has 0 aliphatic carbocycles. The maximum Gasteiger partial charge on any atom is 0.0588 e. The van der Waals surface area contributed by atoms with Crippen molar-refractivity contribution in [1.29, 1.82) is 0 Å². The van der Waals surface area contributed by atoms with Gasteiger partial charge < -0.3 is 26.0 Å². The average Bonchev–Trinajstić information content (AvgIpc) is 3.48. The first-order valence-electron chi connectivity index (χ1n) is 15.6. The molecular weight excluding hydrogens is 546 g/mol. The van der Waals surface area contributed by atoms with Gasteiger partial charge in [-0.2, -0.15) is 0 Å². The Morgan fingerprint density at radius 2 is 1.43 bits per heavy atom. The van der Waals surface area contributed by atoms with E-state index in [2.05, 4.69) is 104 Å². The Kier molecular flexibility index (Phi) is 12.0. The van der Waals surface area contributed by atoms with Crippen LogP contribution in [0.4, 0.5) is 0 Å². The summed E-state index contributed by atoms with van der Waals surface area (Å²) in [6, 6.07) is 27.2. The molecule has 8 nitrogen and oxygen atoms in total. The van der Waals surface area contributed by atoms with Gasteiger partial charge in [0.1, 0.15) is 0 Å². The molecule has 0 aliphatic heterocycles. The monoisotopic (exact) mass is 591 g/mol. The van der Waals surface area contributed by atoms with E-state index in [1.807, 2.05) is 36.7 Å². The van der Waals surface area contributed by atoms with Crippen molar-refractivity contribution in [2.45, 2.75) is 45.6 Å². The molecule has 0 bridgehead atoms. The molecule has 5 aromatic rings. The largest absolute Gasteiger partial charge is 0.395 e. The van der Waals surface area contributed by atoms with Crippen LogP contribution in [0.1, 0.15) is 33.6 Å². The molecule has 3 aromatic heterocycles. The van der Waals surface area contributed by atoms with Crippen LogP contribution in [0.15, 0.2) is 97.5 Å². The number of para-hydroxylation sites is 1. The summed E-state index contributed by atoms with van der Waals surface area (Å²) in [5, 5.41) is 22.0. The standard InChI is InChI=1S/C36H45N7O/c1-28-7-6-10-35-31(23-42-36(28)35)21-34(27-44)41-22-29-11-13-30(14-12-29)26-43(19-17-37-24-32-8-2-4-15-39-32)20-18-38-25-33-9-3-5-16-40-33/h2-16,23,34,37-38,41-42,44H,17-22,24-27H2,1H3/t34-/m0/s1. The summed E-state index contributed by atoms with van der Waals surface area (Å²) in [5.74, 6) is 0. The van der Waals surface area contributed by atoms with E-state index in [0.29, 0.717) is 6.54 Å². The normalized spacial score (nSPS) is 12.2. The Balaban J connectivity index is 1.11. The van der Waals surface area contributed by atoms with Crippen molar-refractivity contribution < 1.29 is 5.11 Å². The zero-order valence-corrected chi connectivity index (χ0v) is 25.7. The van der Waals surface area contributed by atoms with Crippen LogP contribution < -0.4 is 16.0 Å². The van der Waals surface area contributed by atoms with E-state index in [1.54, 1.807) is 0 Å². The second kappa shape index (κ2) is 16.8. The molecular formula is C36H45N7O. The molecule has 1 atom stereocenters. The molecule has 0 unspecified atom stereocenters. The summed E-state index contributed by atoms with van der Waals surface area (Å²) in [4.78, 5) is 14.7. The van der Waals surface area contributed by atoms with Gasteiger partial charge in [-0.15, -0.1) is 0 Å². The van der Waals surface area contributed by atoms with Gasteiger partial charge in [0.2, 0.25) is 0 Å². The molecule has 230 valence electrons. The van der Waals surface area contributed by atoms with Crippen LogP contribution in [0.2, 0.25) is 0 Å². The second-order valence-electron chi connectivity index (χ2n) is 11.4. The minimum absolute atomic E-state index is 0.0122. The predicted molar refractivity (Wildman–Crippen MR) is 178 cm³/mol. The first-order valence-corrected chi connectivity index (χ1v) is 15.6. The number of aromatic nitrogens is 3. The molecule has 2 aromatic carbocycles. The van der Waals surface area contributed by atoms with E-state index in [9.17, 15) is 5.11 Å². The molecule has 0 fully saturated rings. The molecule has 0 radical (unpaired) electrons. The van der Waals surface area contributed by atoms with Gasteiger partial charge in [0.25, 0.3) is 0 Å². The molecule has 0 saturated carbocycles. The highest BCUT2D eigenvalue weighted by molar-refractivity contribution is 5.85. The van der Waals surface area contributed by atoms with Gasteiger partial charge >= 0.3 is 0 Å². The highest BCUT2D eigenvalue weighted by Gasteiger charge is 2.13. The quantitative estimate of drug-likeness (QED) is 0.0967. The summed E-state index contributed by atoms with van der Waals surface area (Å²) < 4.78 is 0. The summed E-state index contributed by atoms with van der Waals surface area (Å²) in [6.45, 7) is 8.98. The number of nitrogens with one attached hydrogen (secondary N) is 4. The first kappa shape index (κ1) is 31.5. The molecule has 0 spiro atoms. The van der Waals surface area contributed by atoms with E-state index in [4.69, 9.17) is 0 Å². The SMILES string of the molecule is Cc1cccc2c(C[C@@H](CO)NCc3ccc(CN(CCNCc4ccccn4)CCNCc4ccccn4)cc3)c[nH]c12. The molecule has 8 heteroatoms. The number of aliphatic hydroxyl groups is 1. The zero-order valence-electron chi connectivity index (χ0n) is 25.7. The Hall–Kier alpha value is -3.92. The lowest BCUT2D eigenvalue weighted by atomic mass is 10.0. The maximum absolute atomic E-state index is 10.1. The highest BCUT2D eigenvalue weighted by Crippen LogP contribution is 2.22. The number of hydrogen-bond donors (Lipinski definition) is 5. The number of fused-ring (bicyclic) bond motifs is 1. The number of hydrogen-bond acceptors (Lipinski definition) is 7. The smallest absolute Gasteiger partial charge is 0.0588 e. The van der Waals surface area contributed by atoms with Gasteiger partial charge in [0.05, 0.1) is 18.0 Å². The van der Waals surface area contributed by atoms with Crippen molar-refractivity contribution in [2.75, 3.05) is 32.8 Å². The third kappa shape index (κ3) is 9.54. The minimum atomic E-state index is -0.0122. The van der Waals surface area contributed by atoms with E-state index in [1.165, 1.54) is 33.2 Å². The Labute approximate surface area is 261 Å². The number of H-pyrrole nitrogens is 1. The minimum Gasteiger partial charge on any atom is -0.395 e. The summed E-state index contributed by atoms with van der Waals surface area (Å²) >= 11 is 0. The lowest BCUT2D eigenvalue weighted by molar-refractivity contribution is 0.241. The molecule has 0 saturated heterocycles. The highest BCUT2D eigenvalue weighted by atomic mass is 16.3. The van der Waals surface area contributed by atoms with Crippen LogP contribution in [-0.4, -0.2) is 63.8 Å². The molecule has 5 rings (SSSR count). The average molecular weight is 592 g/mol. The van der Waals surface area contributed by atoms with Crippen molar-refractivity contribution in [3.8, 4) is 0 Å². The Morgan fingerprint density at radius 1 is 0.773 bits per heavy atom. The van der Waals surface area contributed by atoms with Crippen LogP contribution in [-0.2, 0) is 32.6 Å². The number of pyridine rings is 2. The van der Waals surface area contributed by atoms with Crippen molar-refractivity contribution in [3.05, 3.63) is 131 Å². The van der Waals surface area contributed by atoms with Crippen LogP contribution >= 0.6 is 0 Å². The molecule has 3 heterocycles. The van der Waals surface area contributed by atoms with Crippen LogP contribution in [0.25, 0.3) is 10.9 Å². The third-order valence-corrected chi connectivity index (χ3v) is 7.99. The number of aryl methyl sites for hydroxylation is 1. The zero-order chi connectivity index (χ0) is 30.4. The van der Waals surface area contributed by atoms with Gasteiger partial charge in [0, 0.05) is 87.9 Å². The van der Waals surface area contributed by atoms with E-state index in [0.717, 1.165) is 63.6 Å². The number of rotatable bonds is 18. The van der Waals surface area contributed by atoms with Crippen molar-refractivity contribution in [1.82, 2.24) is 35.8 Å². The topological polar surface area (TPSA) is 101 Å². The molecule has 44 heavy (non-hydrogen) atoms. The fourth-order valence-electron chi connectivity index (χ4n) is 5.47. The molecule has 5 N–H and O–H groups in total. The summed E-state index contributed by atoms with van der Waals surface area (Å²) in [7, 11) is 0. The third-order valence-electron chi connectivity index (χ3n) is 7.99. The number of aromatic amines is 1. The van der Waals surface area contributed by atoms with E-state index < -0.39 is 0 Å². The van der Waals surface area contributed by atoms with Crippen LogP contribution in [0.5, 0.6) is 0 Å². The predicted octanol–water partition coefficient (Wildman–Crippen LogP) is 4.34. The fraction of sp³-hybridized carbons (Fsp3) is 0.333. The van der Waals surface area contributed by atoms with Crippen molar-refractivity contribution >= 4 is 10.9 Å². The van der Waals surface area contributed by atoms with E-state index >= 15 is 0 Å². The molecule has 0 amide bonds. The molecule has 0 aliphatic rings. The lowest BCUT2D eigenvalue weighted by Gasteiger charge is -2.23. The van der Waals surface area contributed by atoms with Crippen LogP contribution in [0, 0.1) is 6.92 Å². The first-order chi connectivity index (χ1) is 21.7.